The zero-order chi connectivity index (χ0) is 12.6. The molecule has 1 aromatic carbocycles. The van der Waals surface area contributed by atoms with Crippen molar-refractivity contribution in [1.82, 2.24) is 0 Å². The van der Waals surface area contributed by atoms with Crippen molar-refractivity contribution in [1.29, 1.82) is 5.26 Å². The number of nitrogens with one attached hydrogen (secondary N) is 1. The number of amides is 1. The van der Waals surface area contributed by atoms with E-state index in [1.54, 1.807) is 11.8 Å². The summed E-state index contributed by atoms with van der Waals surface area (Å²) in [7, 11) is 0. The molecule has 0 bridgehead atoms. The Bertz CT molecular complexity index is 546. The zero-order valence-electron chi connectivity index (χ0n) is 9.73. The molecule has 2 aliphatic rings. The van der Waals surface area contributed by atoms with Gasteiger partial charge >= 0.3 is 0 Å². The largest absolute Gasteiger partial charge is 0.378 e. The van der Waals surface area contributed by atoms with Crippen LogP contribution < -0.4 is 5.32 Å². The summed E-state index contributed by atoms with van der Waals surface area (Å²) in [4.78, 5) is 12.4. The van der Waals surface area contributed by atoms with E-state index in [0.717, 1.165) is 16.1 Å². The number of hydrogen-bond donors (Lipinski definition) is 1. The van der Waals surface area contributed by atoms with Crippen LogP contribution >= 0.6 is 11.8 Å². The number of anilines is 1. The predicted octanol–water partition coefficient (Wildman–Crippen LogP) is 1.81. The van der Waals surface area contributed by atoms with E-state index in [1.807, 2.05) is 18.2 Å². The van der Waals surface area contributed by atoms with Crippen molar-refractivity contribution in [2.24, 2.45) is 5.41 Å². The van der Waals surface area contributed by atoms with Gasteiger partial charge in [-0.15, -0.1) is 11.8 Å². The first-order valence-corrected chi connectivity index (χ1v) is 6.74. The Hall–Kier alpha value is -1.51. The summed E-state index contributed by atoms with van der Waals surface area (Å²) < 4.78 is 5.13. The summed E-state index contributed by atoms with van der Waals surface area (Å²) in [5.74, 6) is 0.508. The van der Waals surface area contributed by atoms with E-state index in [0.29, 0.717) is 25.4 Å². The van der Waals surface area contributed by atoms with Crippen LogP contribution in [0, 0.1) is 16.7 Å². The highest BCUT2D eigenvalue weighted by atomic mass is 32.2. The lowest BCUT2D eigenvalue weighted by Crippen LogP contribution is -2.43. The van der Waals surface area contributed by atoms with Crippen molar-refractivity contribution in [2.45, 2.75) is 11.3 Å². The van der Waals surface area contributed by atoms with Crippen LogP contribution in [0.1, 0.15) is 5.56 Å². The van der Waals surface area contributed by atoms with E-state index in [4.69, 9.17) is 4.74 Å². The third kappa shape index (κ3) is 1.98. The molecule has 2 heterocycles. The fourth-order valence-corrected chi connectivity index (χ4v) is 2.97. The first-order valence-electron chi connectivity index (χ1n) is 5.75. The number of fused-ring (bicyclic) bond motifs is 1. The van der Waals surface area contributed by atoms with Gasteiger partial charge in [-0.05, 0) is 24.1 Å². The molecule has 0 unspecified atom stereocenters. The molecule has 0 radical (unpaired) electrons. The molecule has 1 amide bonds. The average molecular weight is 260 g/mol. The number of benzene rings is 1. The first-order chi connectivity index (χ1) is 8.71. The van der Waals surface area contributed by atoms with Gasteiger partial charge in [-0.25, -0.2) is 0 Å². The molecule has 1 fully saturated rings. The van der Waals surface area contributed by atoms with Gasteiger partial charge in [0.1, 0.15) is 5.41 Å². The van der Waals surface area contributed by atoms with Crippen LogP contribution in [0.3, 0.4) is 0 Å². The van der Waals surface area contributed by atoms with Crippen LogP contribution in [-0.2, 0) is 16.0 Å². The Balaban J connectivity index is 1.84. The van der Waals surface area contributed by atoms with E-state index in [9.17, 15) is 10.1 Å². The summed E-state index contributed by atoms with van der Waals surface area (Å²) >= 11 is 1.55. The number of hydrogen-bond acceptors (Lipinski definition) is 4. The molecule has 0 aromatic heterocycles. The molecular formula is C13H12N2O2S. The molecule has 2 aliphatic heterocycles. The van der Waals surface area contributed by atoms with Crippen molar-refractivity contribution in [3.63, 3.8) is 0 Å². The molecule has 3 rings (SSSR count). The number of carbonyl (C=O) groups is 1. The number of rotatable bonds is 2. The third-order valence-electron chi connectivity index (χ3n) is 3.21. The molecule has 0 aliphatic carbocycles. The summed E-state index contributed by atoms with van der Waals surface area (Å²) in [5, 5.41) is 12.0. The second kappa shape index (κ2) is 4.30. The van der Waals surface area contributed by atoms with Crippen molar-refractivity contribution in [3.8, 4) is 6.07 Å². The van der Waals surface area contributed by atoms with Gasteiger partial charge < -0.3 is 10.1 Å². The maximum atomic E-state index is 11.3. The molecule has 0 atom stereocenters. The van der Waals surface area contributed by atoms with Crippen LogP contribution in [0.25, 0.3) is 0 Å². The lowest BCUT2D eigenvalue weighted by molar-refractivity contribution is -0.113. The van der Waals surface area contributed by atoms with Crippen LogP contribution in [0.2, 0.25) is 0 Å². The summed E-state index contributed by atoms with van der Waals surface area (Å²) in [6, 6.07) is 8.35. The molecule has 1 saturated heterocycles. The van der Waals surface area contributed by atoms with Crippen molar-refractivity contribution in [3.05, 3.63) is 23.8 Å². The minimum Gasteiger partial charge on any atom is -0.378 e. The lowest BCUT2D eigenvalue weighted by Gasteiger charge is -2.35. The quantitative estimate of drug-likeness (QED) is 0.881. The predicted molar refractivity (Wildman–Crippen MR) is 68.4 cm³/mol. The molecule has 18 heavy (non-hydrogen) atoms. The monoisotopic (exact) mass is 260 g/mol. The minimum atomic E-state index is -0.375. The number of nitriles is 1. The smallest absolute Gasteiger partial charge is 0.234 e. The van der Waals surface area contributed by atoms with E-state index < -0.39 is 0 Å². The number of ether oxygens (including phenoxy) is 1. The van der Waals surface area contributed by atoms with E-state index in [1.165, 1.54) is 0 Å². The standard InChI is InChI=1S/C13H12N2O2S/c14-6-13(7-17-8-13)4-9-1-2-11-10(3-9)15-12(16)5-18-11/h1-3H,4-5,7-8H2,(H,15,16). The van der Waals surface area contributed by atoms with Gasteiger partial charge in [0, 0.05) is 4.90 Å². The van der Waals surface area contributed by atoms with E-state index >= 15 is 0 Å². The number of carbonyl (C=O) groups excluding carboxylic acids is 1. The van der Waals surface area contributed by atoms with E-state index in [-0.39, 0.29) is 11.3 Å². The summed E-state index contributed by atoms with van der Waals surface area (Å²) in [6.07, 6.45) is 0.678. The van der Waals surface area contributed by atoms with Gasteiger partial charge in [-0.3, -0.25) is 4.79 Å². The van der Waals surface area contributed by atoms with Gasteiger partial charge in [-0.1, -0.05) is 6.07 Å². The average Bonchev–Trinajstić information content (AvgIpc) is 2.33. The second-order valence-electron chi connectivity index (χ2n) is 4.73. The maximum Gasteiger partial charge on any atom is 0.234 e. The SMILES string of the molecule is N#CC1(Cc2ccc3c(c2)NC(=O)CS3)COC1. The number of thioether (sulfide) groups is 1. The fourth-order valence-electron chi connectivity index (χ4n) is 2.19. The molecular weight excluding hydrogens is 248 g/mol. The zero-order valence-corrected chi connectivity index (χ0v) is 10.5. The van der Waals surface area contributed by atoms with Crippen LogP contribution in [0.4, 0.5) is 5.69 Å². The topological polar surface area (TPSA) is 62.1 Å². The van der Waals surface area contributed by atoms with Crippen LogP contribution in [0.15, 0.2) is 23.1 Å². The molecule has 1 aromatic rings. The Labute approximate surface area is 109 Å². The van der Waals surface area contributed by atoms with E-state index in [2.05, 4.69) is 11.4 Å². The maximum absolute atomic E-state index is 11.3. The number of nitrogens with zero attached hydrogens (tertiary/aromatic N) is 1. The van der Waals surface area contributed by atoms with Gasteiger partial charge in [0.25, 0.3) is 0 Å². The van der Waals surface area contributed by atoms with Crippen molar-refractivity contribution >= 4 is 23.4 Å². The van der Waals surface area contributed by atoms with Crippen molar-refractivity contribution < 1.29 is 9.53 Å². The Morgan fingerprint density at radius 3 is 3.00 bits per heavy atom. The molecule has 5 heteroatoms. The second-order valence-corrected chi connectivity index (χ2v) is 5.75. The van der Waals surface area contributed by atoms with Crippen LogP contribution in [-0.4, -0.2) is 24.9 Å². The fraction of sp³-hybridized carbons (Fsp3) is 0.385. The van der Waals surface area contributed by atoms with Gasteiger partial charge in [0.2, 0.25) is 5.91 Å². The van der Waals surface area contributed by atoms with Crippen LogP contribution in [0.5, 0.6) is 0 Å². The molecule has 92 valence electrons. The normalized spacial score (nSPS) is 20.3. The highest BCUT2D eigenvalue weighted by Gasteiger charge is 2.39. The third-order valence-corrected chi connectivity index (χ3v) is 4.29. The lowest BCUT2D eigenvalue weighted by atomic mass is 9.81. The Kier molecular flexibility index (Phi) is 2.77. The van der Waals surface area contributed by atoms with Gasteiger partial charge in [0.05, 0.1) is 30.7 Å². The minimum absolute atomic E-state index is 0.0339. The first kappa shape index (κ1) is 11.6. The Morgan fingerprint density at radius 1 is 1.50 bits per heavy atom. The Morgan fingerprint density at radius 2 is 2.33 bits per heavy atom. The highest BCUT2D eigenvalue weighted by Crippen LogP contribution is 2.35. The van der Waals surface area contributed by atoms with Gasteiger partial charge in [0.15, 0.2) is 0 Å². The molecule has 0 saturated carbocycles. The molecule has 0 spiro atoms. The van der Waals surface area contributed by atoms with Gasteiger partial charge in [-0.2, -0.15) is 5.26 Å². The highest BCUT2D eigenvalue weighted by molar-refractivity contribution is 8.00. The summed E-state index contributed by atoms with van der Waals surface area (Å²) in [5.41, 5.74) is 1.56. The van der Waals surface area contributed by atoms with Crippen molar-refractivity contribution in [2.75, 3.05) is 24.3 Å². The molecule has 4 nitrogen and oxygen atoms in total. The summed E-state index contributed by atoms with van der Waals surface area (Å²) in [6.45, 7) is 1.00. The molecule has 1 N–H and O–H groups in total.